The summed E-state index contributed by atoms with van der Waals surface area (Å²) in [5.41, 5.74) is 2.97. The van der Waals surface area contributed by atoms with Gasteiger partial charge in [0.05, 0.1) is 5.52 Å². The van der Waals surface area contributed by atoms with Gasteiger partial charge in [-0.1, -0.05) is 16.8 Å². The average molecular weight is 332 g/mol. The number of benzene rings is 1. The third-order valence-corrected chi connectivity index (χ3v) is 4.15. The van der Waals surface area contributed by atoms with E-state index >= 15 is 0 Å². The number of aryl methyl sites for hydroxylation is 2. The molecule has 25 heavy (non-hydrogen) atoms. The molecule has 4 aromatic rings. The molecule has 0 unspecified atom stereocenters. The molecule has 4 rings (SSSR count). The van der Waals surface area contributed by atoms with Gasteiger partial charge in [-0.25, -0.2) is 0 Å². The molecule has 0 amide bonds. The smallest absolute Gasteiger partial charge is 0.263 e. The van der Waals surface area contributed by atoms with Gasteiger partial charge in [0.15, 0.2) is 0 Å². The van der Waals surface area contributed by atoms with E-state index in [4.69, 9.17) is 4.52 Å². The van der Waals surface area contributed by atoms with Crippen LogP contribution in [0.25, 0.3) is 33.7 Å². The first-order valence-corrected chi connectivity index (χ1v) is 8.05. The first-order valence-electron chi connectivity index (χ1n) is 8.05. The maximum absolute atomic E-state index is 12.9. The van der Waals surface area contributed by atoms with Crippen molar-refractivity contribution in [1.29, 1.82) is 0 Å². The Labute approximate surface area is 143 Å². The van der Waals surface area contributed by atoms with Crippen LogP contribution in [0.4, 0.5) is 0 Å². The minimum atomic E-state index is -0.107. The van der Waals surface area contributed by atoms with Crippen molar-refractivity contribution in [1.82, 2.24) is 19.7 Å². The van der Waals surface area contributed by atoms with Crippen LogP contribution in [0, 0.1) is 6.92 Å². The van der Waals surface area contributed by atoms with Gasteiger partial charge >= 0.3 is 0 Å². The maximum atomic E-state index is 12.9. The van der Waals surface area contributed by atoms with Crippen molar-refractivity contribution in [2.24, 2.45) is 0 Å². The fraction of sp³-hybridized carbons (Fsp3) is 0.158. The highest BCUT2D eigenvalue weighted by molar-refractivity contribution is 5.83. The molecule has 0 aliphatic carbocycles. The molecule has 0 atom stereocenters. The summed E-state index contributed by atoms with van der Waals surface area (Å²) in [6.07, 6.45) is 5.11. The number of aromatic nitrogens is 4. The van der Waals surface area contributed by atoms with Gasteiger partial charge in [0.2, 0.25) is 11.3 Å². The lowest BCUT2D eigenvalue weighted by Crippen LogP contribution is -2.12. The van der Waals surface area contributed by atoms with Crippen LogP contribution in [-0.4, -0.2) is 19.7 Å². The maximum Gasteiger partial charge on any atom is 0.263 e. The number of pyridine rings is 2. The van der Waals surface area contributed by atoms with Gasteiger partial charge in [-0.05, 0) is 38.1 Å². The SMILES string of the molecule is CCn1cc(-c2nc(-c3cccnc3)no2)c(=O)c2cc(C)ccc21. The molecule has 0 radical (unpaired) electrons. The molecular weight excluding hydrogens is 316 g/mol. The highest BCUT2D eigenvalue weighted by Crippen LogP contribution is 2.22. The van der Waals surface area contributed by atoms with Gasteiger partial charge in [-0.15, -0.1) is 0 Å². The fourth-order valence-corrected chi connectivity index (χ4v) is 2.87. The second kappa shape index (κ2) is 5.98. The van der Waals surface area contributed by atoms with Crippen LogP contribution in [0.15, 0.2) is 58.2 Å². The van der Waals surface area contributed by atoms with Crippen molar-refractivity contribution in [3.05, 3.63) is 64.7 Å². The normalized spacial score (nSPS) is 11.1. The summed E-state index contributed by atoms with van der Waals surface area (Å²) in [5, 5.41) is 4.64. The standard InChI is InChI=1S/C19H16N4O2/c1-3-23-11-15(17(24)14-9-12(2)6-7-16(14)23)19-21-18(22-25-19)13-5-4-8-20-10-13/h4-11H,3H2,1-2H3. The highest BCUT2D eigenvalue weighted by Gasteiger charge is 2.17. The van der Waals surface area contributed by atoms with E-state index in [1.807, 2.05) is 42.7 Å². The van der Waals surface area contributed by atoms with Crippen molar-refractivity contribution < 1.29 is 4.52 Å². The predicted molar refractivity (Wildman–Crippen MR) is 95.1 cm³/mol. The van der Waals surface area contributed by atoms with Gasteiger partial charge in [0.1, 0.15) is 5.56 Å². The van der Waals surface area contributed by atoms with Crippen molar-refractivity contribution in [3.63, 3.8) is 0 Å². The molecule has 3 heterocycles. The van der Waals surface area contributed by atoms with Gasteiger partial charge in [0, 0.05) is 36.1 Å². The number of nitrogens with zero attached hydrogens (tertiary/aromatic N) is 4. The lowest BCUT2D eigenvalue weighted by atomic mass is 10.1. The molecule has 0 spiro atoms. The molecule has 0 N–H and O–H groups in total. The van der Waals surface area contributed by atoms with Gasteiger partial charge < -0.3 is 9.09 Å². The van der Waals surface area contributed by atoms with Crippen LogP contribution in [0.1, 0.15) is 12.5 Å². The fourth-order valence-electron chi connectivity index (χ4n) is 2.87. The van der Waals surface area contributed by atoms with Crippen LogP contribution >= 0.6 is 0 Å². The van der Waals surface area contributed by atoms with E-state index in [-0.39, 0.29) is 11.3 Å². The molecule has 0 aliphatic heterocycles. The molecule has 6 heteroatoms. The van der Waals surface area contributed by atoms with E-state index in [1.165, 1.54) is 0 Å². The summed E-state index contributed by atoms with van der Waals surface area (Å²) < 4.78 is 7.38. The molecular formula is C19H16N4O2. The molecule has 3 aromatic heterocycles. The third kappa shape index (κ3) is 2.61. The molecule has 6 nitrogen and oxygen atoms in total. The summed E-state index contributed by atoms with van der Waals surface area (Å²) >= 11 is 0. The molecule has 0 bridgehead atoms. The van der Waals surface area contributed by atoms with E-state index < -0.39 is 0 Å². The quantitative estimate of drug-likeness (QED) is 0.574. The summed E-state index contributed by atoms with van der Waals surface area (Å²) in [6, 6.07) is 9.50. The van der Waals surface area contributed by atoms with Crippen molar-refractivity contribution in [2.45, 2.75) is 20.4 Å². The van der Waals surface area contributed by atoms with Crippen LogP contribution in [0.5, 0.6) is 0 Å². The summed E-state index contributed by atoms with van der Waals surface area (Å²) in [7, 11) is 0. The van der Waals surface area contributed by atoms with Gasteiger partial charge in [-0.3, -0.25) is 9.78 Å². The summed E-state index contributed by atoms with van der Waals surface area (Å²) in [4.78, 5) is 21.4. The molecule has 0 aliphatic rings. The Bertz CT molecular complexity index is 1110. The molecule has 0 saturated carbocycles. The minimum absolute atomic E-state index is 0.107. The lowest BCUT2D eigenvalue weighted by Gasteiger charge is -2.10. The molecule has 0 fully saturated rings. The number of hydrogen-bond acceptors (Lipinski definition) is 5. The van der Waals surface area contributed by atoms with E-state index in [0.29, 0.717) is 16.8 Å². The zero-order chi connectivity index (χ0) is 17.4. The van der Waals surface area contributed by atoms with Crippen molar-refractivity contribution >= 4 is 10.9 Å². The number of rotatable bonds is 3. The van der Waals surface area contributed by atoms with Crippen LogP contribution in [0.2, 0.25) is 0 Å². The zero-order valence-corrected chi connectivity index (χ0v) is 13.9. The predicted octanol–water partition coefficient (Wildman–Crippen LogP) is 3.44. The summed E-state index contributed by atoms with van der Waals surface area (Å²) in [6.45, 7) is 4.73. The Balaban J connectivity index is 1.91. The van der Waals surface area contributed by atoms with Gasteiger partial charge in [-0.2, -0.15) is 4.98 Å². The van der Waals surface area contributed by atoms with Gasteiger partial charge in [0.25, 0.3) is 5.89 Å². The van der Waals surface area contributed by atoms with Crippen molar-refractivity contribution in [3.8, 4) is 22.8 Å². The first kappa shape index (κ1) is 15.3. The topological polar surface area (TPSA) is 73.8 Å². The first-order chi connectivity index (χ1) is 12.2. The molecule has 0 saturated heterocycles. The Kier molecular flexibility index (Phi) is 3.65. The Morgan fingerprint density at radius 1 is 1.24 bits per heavy atom. The summed E-state index contributed by atoms with van der Waals surface area (Å²) in [5.74, 6) is 0.629. The number of fused-ring (bicyclic) bond motifs is 1. The van der Waals surface area contributed by atoms with E-state index in [2.05, 4.69) is 15.1 Å². The molecule has 1 aromatic carbocycles. The van der Waals surface area contributed by atoms with Crippen LogP contribution in [-0.2, 0) is 6.54 Å². The zero-order valence-electron chi connectivity index (χ0n) is 13.9. The van der Waals surface area contributed by atoms with E-state index in [0.717, 1.165) is 23.2 Å². The Morgan fingerprint density at radius 3 is 2.88 bits per heavy atom. The third-order valence-electron chi connectivity index (χ3n) is 4.15. The average Bonchev–Trinajstić information content (AvgIpc) is 3.13. The monoisotopic (exact) mass is 332 g/mol. The Hall–Kier alpha value is -3.28. The van der Waals surface area contributed by atoms with Crippen molar-refractivity contribution in [2.75, 3.05) is 0 Å². The minimum Gasteiger partial charge on any atom is -0.347 e. The second-order valence-corrected chi connectivity index (χ2v) is 5.84. The second-order valence-electron chi connectivity index (χ2n) is 5.84. The lowest BCUT2D eigenvalue weighted by molar-refractivity contribution is 0.431. The van der Waals surface area contributed by atoms with Crippen LogP contribution in [0.3, 0.4) is 0 Å². The Morgan fingerprint density at radius 2 is 2.12 bits per heavy atom. The van der Waals surface area contributed by atoms with E-state index in [1.54, 1.807) is 24.7 Å². The largest absolute Gasteiger partial charge is 0.347 e. The highest BCUT2D eigenvalue weighted by atomic mass is 16.5. The van der Waals surface area contributed by atoms with Crippen LogP contribution < -0.4 is 5.43 Å². The van der Waals surface area contributed by atoms with E-state index in [9.17, 15) is 4.79 Å². The molecule has 124 valence electrons. The number of hydrogen-bond donors (Lipinski definition) is 0.